The fraction of sp³-hybridized carbons (Fsp3) is 0.125. The van der Waals surface area contributed by atoms with Gasteiger partial charge in [0.25, 0.3) is 10.0 Å². The van der Waals surface area contributed by atoms with Crippen molar-refractivity contribution in [2.45, 2.75) is 11.8 Å². The van der Waals surface area contributed by atoms with E-state index in [2.05, 4.69) is 4.84 Å². The zero-order valence-electron chi connectivity index (χ0n) is 9.43. The van der Waals surface area contributed by atoms with Crippen molar-refractivity contribution in [3.05, 3.63) is 30.3 Å². The molecule has 0 radical (unpaired) electrons. The maximum atomic E-state index is 11.3. The van der Waals surface area contributed by atoms with E-state index in [1.54, 1.807) is 23.1 Å². The van der Waals surface area contributed by atoms with Gasteiger partial charge < -0.3 is 6.26 Å². The molecule has 78 valence electrons. The normalized spacial score (nSPS) is 10.2. The van der Waals surface area contributed by atoms with E-state index in [0.717, 1.165) is 6.92 Å². The summed E-state index contributed by atoms with van der Waals surface area (Å²) >= 11 is 0. The molecule has 0 atom stereocenters. The van der Waals surface area contributed by atoms with E-state index in [-0.39, 0.29) is 35.9 Å². The van der Waals surface area contributed by atoms with Gasteiger partial charge in [-0.05, 0) is 17.0 Å². The Morgan fingerprint density at radius 1 is 1.33 bits per heavy atom. The first-order valence-electron chi connectivity index (χ1n) is 3.76. The zero-order valence-corrected chi connectivity index (χ0v) is 11.2. The third kappa shape index (κ3) is 4.76. The van der Waals surface area contributed by atoms with Crippen molar-refractivity contribution in [3.63, 3.8) is 0 Å². The van der Waals surface area contributed by atoms with Crippen LogP contribution in [0, 0.1) is 0 Å². The molecular formula is C8H10NNaO4S. The van der Waals surface area contributed by atoms with Crippen molar-refractivity contribution in [2.75, 3.05) is 0 Å². The van der Waals surface area contributed by atoms with Crippen LogP contribution in [0.15, 0.2) is 35.2 Å². The summed E-state index contributed by atoms with van der Waals surface area (Å²) in [7, 11) is -3.75. The molecule has 15 heavy (non-hydrogen) atoms. The standard InChI is InChI=1S/C8H9NO4S.Na.H/c1-7(10)13-9-14(11,12)8-5-3-2-4-6-8;;/h2-6,9H,1H3;;/q;+1;-1. The SMILES string of the molecule is CC(=O)ONS(=O)(=O)c1ccccc1.[H-].[Na+]. The molecule has 0 spiro atoms. The summed E-state index contributed by atoms with van der Waals surface area (Å²) in [4.78, 5) is 16.3. The maximum Gasteiger partial charge on any atom is 1.00 e. The molecule has 1 rings (SSSR count). The number of nitrogens with one attached hydrogen (secondary N) is 1. The Bertz CT molecular complexity index is 423. The van der Waals surface area contributed by atoms with Gasteiger partial charge >= 0.3 is 35.5 Å². The van der Waals surface area contributed by atoms with Gasteiger partial charge in [-0.15, -0.1) is 0 Å². The molecular weight excluding hydrogens is 229 g/mol. The van der Waals surface area contributed by atoms with Crippen molar-refractivity contribution in [1.29, 1.82) is 0 Å². The molecule has 1 aromatic carbocycles. The predicted molar refractivity (Wildman–Crippen MR) is 49.6 cm³/mol. The fourth-order valence-corrected chi connectivity index (χ4v) is 1.60. The minimum absolute atomic E-state index is 0. The molecule has 0 aliphatic rings. The molecule has 0 aromatic heterocycles. The van der Waals surface area contributed by atoms with Crippen LogP contribution < -0.4 is 34.4 Å². The van der Waals surface area contributed by atoms with Gasteiger partial charge in [-0.25, -0.2) is 8.42 Å². The van der Waals surface area contributed by atoms with Crippen LogP contribution in [0.25, 0.3) is 0 Å². The van der Waals surface area contributed by atoms with Crippen LogP contribution in [0.3, 0.4) is 0 Å². The quantitative estimate of drug-likeness (QED) is 0.470. The number of carbonyl (C=O) groups excluding carboxylic acids is 1. The van der Waals surface area contributed by atoms with E-state index >= 15 is 0 Å². The first-order valence-corrected chi connectivity index (χ1v) is 5.25. The van der Waals surface area contributed by atoms with Gasteiger partial charge in [0.2, 0.25) is 0 Å². The Kier molecular flexibility index (Phi) is 6.07. The van der Waals surface area contributed by atoms with Crippen LogP contribution >= 0.6 is 0 Å². The summed E-state index contributed by atoms with van der Waals surface area (Å²) in [6.45, 7) is 1.10. The van der Waals surface area contributed by atoms with Crippen molar-refractivity contribution < 1.29 is 49.0 Å². The summed E-state index contributed by atoms with van der Waals surface area (Å²) < 4.78 is 22.7. The second-order valence-corrected chi connectivity index (χ2v) is 4.14. The summed E-state index contributed by atoms with van der Waals surface area (Å²) in [5.74, 6) is -0.718. The second kappa shape index (κ2) is 6.24. The van der Waals surface area contributed by atoms with Gasteiger partial charge in [-0.3, -0.25) is 4.79 Å². The van der Waals surface area contributed by atoms with Crippen LogP contribution in [-0.4, -0.2) is 14.4 Å². The largest absolute Gasteiger partial charge is 1.00 e. The van der Waals surface area contributed by atoms with Crippen LogP contribution in [-0.2, 0) is 19.7 Å². The number of sulfonamides is 1. The Morgan fingerprint density at radius 2 is 1.87 bits per heavy atom. The maximum absolute atomic E-state index is 11.3. The number of hydrogen-bond donors (Lipinski definition) is 1. The van der Waals surface area contributed by atoms with E-state index in [0.29, 0.717) is 0 Å². The molecule has 0 saturated carbocycles. The third-order valence-corrected chi connectivity index (χ3v) is 2.54. The summed E-state index contributed by atoms with van der Waals surface area (Å²) in [5.41, 5.74) is 0. The van der Waals surface area contributed by atoms with E-state index in [4.69, 9.17) is 0 Å². The molecule has 0 amide bonds. The Balaban J connectivity index is 0. The van der Waals surface area contributed by atoms with Crippen LogP contribution in [0.4, 0.5) is 0 Å². The van der Waals surface area contributed by atoms with Crippen LogP contribution in [0.1, 0.15) is 8.35 Å². The molecule has 0 aliphatic carbocycles. The molecule has 0 heterocycles. The molecule has 5 nitrogen and oxygen atoms in total. The molecule has 7 heteroatoms. The Labute approximate surface area is 112 Å². The smallest absolute Gasteiger partial charge is 1.00 e. The topological polar surface area (TPSA) is 72.5 Å². The number of benzene rings is 1. The number of carbonyl (C=O) groups is 1. The minimum atomic E-state index is -3.75. The molecule has 0 unspecified atom stereocenters. The van der Waals surface area contributed by atoms with Gasteiger partial charge in [0.05, 0.1) is 4.90 Å². The Hall–Kier alpha value is -0.400. The van der Waals surface area contributed by atoms with Crippen molar-refractivity contribution in [2.24, 2.45) is 0 Å². The van der Waals surface area contributed by atoms with Gasteiger partial charge in [-0.1, -0.05) is 18.2 Å². The average Bonchev–Trinajstić information content (AvgIpc) is 2.16. The first kappa shape index (κ1) is 14.6. The Morgan fingerprint density at radius 3 is 2.33 bits per heavy atom. The van der Waals surface area contributed by atoms with Crippen LogP contribution in [0.5, 0.6) is 0 Å². The molecule has 0 fully saturated rings. The fourth-order valence-electron chi connectivity index (χ4n) is 0.761. The van der Waals surface area contributed by atoms with Gasteiger partial charge in [0, 0.05) is 6.92 Å². The third-order valence-electron chi connectivity index (χ3n) is 1.35. The summed E-state index contributed by atoms with van der Waals surface area (Å²) in [5, 5.41) is 0. The summed E-state index contributed by atoms with van der Waals surface area (Å²) in [6.07, 6.45) is 0. The number of hydrogen-bond acceptors (Lipinski definition) is 4. The molecule has 0 bridgehead atoms. The zero-order chi connectivity index (χ0) is 10.6. The first-order chi connectivity index (χ1) is 6.52. The molecule has 0 saturated heterocycles. The van der Waals surface area contributed by atoms with E-state index < -0.39 is 16.0 Å². The molecule has 1 aromatic rings. The second-order valence-electron chi connectivity index (χ2n) is 2.49. The minimum Gasteiger partial charge on any atom is -1.00 e. The van der Waals surface area contributed by atoms with Crippen molar-refractivity contribution >= 4 is 16.0 Å². The van der Waals surface area contributed by atoms with Crippen molar-refractivity contribution in [3.8, 4) is 0 Å². The van der Waals surface area contributed by atoms with Gasteiger partial charge in [-0.2, -0.15) is 0 Å². The predicted octanol–water partition coefficient (Wildman–Crippen LogP) is -2.44. The van der Waals surface area contributed by atoms with Gasteiger partial charge in [0.1, 0.15) is 0 Å². The van der Waals surface area contributed by atoms with E-state index in [1.165, 1.54) is 12.1 Å². The average molecular weight is 239 g/mol. The summed E-state index contributed by atoms with van der Waals surface area (Å²) in [6, 6.07) is 7.62. The van der Waals surface area contributed by atoms with Crippen molar-refractivity contribution in [1.82, 2.24) is 4.89 Å². The van der Waals surface area contributed by atoms with E-state index in [9.17, 15) is 13.2 Å². The van der Waals surface area contributed by atoms with Crippen LogP contribution in [0.2, 0.25) is 0 Å². The van der Waals surface area contributed by atoms with Gasteiger partial charge in [0.15, 0.2) is 0 Å². The number of rotatable bonds is 3. The molecule has 0 aliphatic heterocycles. The molecule has 1 N–H and O–H groups in total. The van der Waals surface area contributed by atoms with E-state index in [1.807, 2.05) is 0 Å². The monoisotopic (exact) mass is 239 g/mol.